The summed E-state index contributed by atoms with van der Waals surface area (Å²) in [5, 5.41) is 12.9. The Morgan fingerprint density at radius 3 is 2.89 bits per heavy atom. The van der Waals surface area contributed by atoms with Gasteiger partial charge in [-0.2, -0.15) is 0 Å². The highest BCUT2D eigenvalue weighted by molar-refractivity contribution is 6.08. The first-order valence-electron chi connectivity index (χ1n) is 9.42. The fraction of sp³-hybridized carbons (Fsp3) is 0.550. The Labute approximate surface area is 157 Å². The van der Waals surface area contributed by atoms with Gasteiger partial charge in [0.25, 0.3) is 0 Å². The van der Waals surface area contributed by atoms with Crippen molar-refractivity contribution in [2.45, 2.75) is 49.6 Å². The van der Waals surface area contributed by atoms with E-state index in [9.17, 15) is 19.5 Å². The van der Waals surface area contributed by atoms with Crippen LogP contribution in [0.1, 0.15) is 37.7 Å². The fourth-order valence-corrected chi connectivity index (χ4v) is 5.33. The lowest BCUT2D eigenvalue weighted by atomic mass is 9.67. The summed E-state index contributed by atoms with van der Waals surface area (Å²) >= 11 is 0. The minimum absolute atomic E-state index is 0.00439. The van der Waals surface area contributed by atoms with E-state index in [0.29, 0.717) is 25.7 Å². The molecule has 2 saturated heterocycles. The van der Waals surface area contributed by atoms with Gasteiger partial charge in [-0.3, -0.25) is 14.4 Å². The third kappa shape index (κ3) is 2.56. The van der Waals surface area contributed by atoms with Gasteiger partial charge < -0.3 is 20.1 Å². The number of para-hydroxylation sites is 1. The molecule has 7 nitrogen and oxygen atoms in total. The van der Waals surface area contributed by atoms with Crippen LogP contribution in [0, 0.1) is 5.92 Å². The summed E-state index contributed by atoms with van der Waals surface area (Å²) in [7, 11) is 1.36. The Balaban J connectivity index is 1.78. The van der Waals surface area contributed by atoms with E-state index in [0.717, 1.165) is 11.3 Å². The summed E-state index contributed by atoms with van der Waals surface area (Å²) < 4.78 is 4.77. The summed E-state index contributed by atoms with van der Waals surface area (Å²) in [6, 6.07) is 6.82. The van der Waals surface area contributed by atoms with E-state index in [2.05, 4.69) is 5.32 Å². The second-order valence-corrected chi connectivity index (χ2v) is 7.67. The molecular formula is C20H24N2O5. The molecule has 144 valence electrons. The first kappa shape index (κ1) is 18.0. The van der Waals surface area contributed by atoms with Crippen molar-refractivity contribution in [3.8, 4) is 0 Å². The summed E-state index contributed by atoms with van der Waals surface area (Å²) in [6.07, 6.45) is 2.21. The highest BCUT2D eigenvalue weighted by Crippen LogP contribution is 2.55. The first-order chi connectivity index (χ1) is 13.0. The van der Waals surface area contributed by atoms with Crippen LogP contribution in [0.2, 0.25) is 0 Å². The third-order valence-electron chi connectivity index (χ3n) is 6.44. The number of rotatable bonds is 4. The van der Waals surface area contributed by atoms with Gasteiger partial charge in [0.15, 0.2) is 0 Å². The number of aliphatic hydroxyl groups excluding tert-OH is 1. The SMILES string of the molecule is COC(=O)CC[C@H]1CCC(=O)N2[C@H](CO)C[C@]3(C(=O)Nc4ccccc43)[C@@H]12. The molecule has 3 aliphatic heterocycles. The molecule has 0 bridgehead atoms. The Morgan fingerprint density at radius 2 is 2.15 bits per heavy atom. The van der Waals surface area contributed by atoms with Crippen molar-refractivity contribution < 1.29 is 24.2 Å². The Bertz CT molecular complexity index is 794. The van der Waals surface area contributed by atoms with Crippen molar-refractivity contribution >= 4 is 23.5 Å². The normalized spacial score (nSPS) is 31.6. The molecule has 0 aromatic heterocycles. The number of piperidine rings is 1. The van der Waals surface area contributed by atoms with Crippen molar-refractivity contribution in [1.29, 1.82) is 0 Å². The van der Waals surface area contributed by atoms with Crippen molar-refractivity contribution in [2.24, 2.45) is 5.92 Å². The van der Waals surface area contributed by atoms with E-state index in [1.54, 1.807) is 4.90 Å². The van der Waals surface area contributed by atoms with Crippen molar-refractivity contribution in [3.63, 3.8) is 0 Å². The highest BCUT2D eigenvalue weighted by atomic mass is 16.5. The Kier molecular flexibility index (Phi) is 4.42. The number of carbonyl (C=O) groups excluding carboxylic acids is 3. The van der Waals surface area contributed by atoms with Gasteiger partial charge in [-0.15, -0.1) is 0 Å². The summed E-state index contributed by atoms with van der Waals surface area (Å²) in [4.78, 5) is 39.3. The summed E-state index contributed by atoms with van der Waals surface area (Å²) in [5.41, 5.74) is 0.783. The van der Waals surface area contributed by atoms with Crippen LogP contribution in [0.25, 0.3) is 0 Å². The van der Waals surface area contributed by atoms with Crippen LogP contribution in [-0.4, -0.2) is 53.6 Å². The topological polar surface area (TPSA) is 95.9 Å². The number of fused-ring (bicyclic) bond motifs is 4. The quantitative estimate of drug-likeness (QED) is 0.775. The number of esters is 1. The predicted molar refractivity (Wildman–Crippen MR) is 96.8 cm³/mol. The molecule has 2 N–H and O–H groups in total. The molecule has 4 rings (SSSR count). The Hall–Kier alpha value is -2.41. The van der Waals surface area contributed by atoms with Crippen LogP contribution in [0.4, 0.5) is 5.69 Å². The van der Waals surface area contributed by atoms with Gasteiger partial charge in [0.05, 0.1) is 31.2 Å². The van der Waals surface area contributed by atoms with E-state index in [-0.39, 0.29) is 48.8 Å². The largest absolute Gasteiger partial charge is 0.469 e. The zero-order chi connectivity index (χ0) is 19.2. The lowest BCUT2D eigenvalue weighted by Gasteiger charge is -2.43. The molecule has 1 aromatic carbocycles. The average Bonchev–Trinajstić information content (AvgIpc) is 3.18. The molecule has 0 saturated carbocycles. The summed E-state index contributed by atoms with van der Waals surface area (Å²) in [5.74, 6) is -0.439. The van der Waals surface area contributed by atoms with Crippen LogP contribution in [0.5, 0.6) is 0 Å². The third-order valence-corrected chi connectivity index (χ3v) is 6.44. The number of amides is 2. The lowest BCUT2D eigenvalue weighted by molar-refractivity contribution is -0.143. The smallest absolute Gasteiger partial charge is 0.305 e. The second kappa shape index (κ2) is 6.64. The number of methoxy groups -OCH3 is 1. The number of nitrogens with zero attached hydrogens (tertiary/aromatic N) is 1. The van der Waals surface area contributed by atoms with E-state index in [1.807, 2.05) is 24.3 Å². The summed E-state index contributed by atoms with van der Waals surface area (Å²) in [6.45, 7) is -0.177. The highest BCUT2D eigenvalue weighted by Gasteiger charge is 2.64. The van der Waals surface area contributed by atoms with Gasteiger partial charge in [-0.05, 0) is 36.8 Å². The van der Waals surface area contributed by atoms with E-state index < -0.39 is 5.41 Å². The maximum Gasteiger partial charge on any atom is 0.305 e. The zero-order valence-electron chi connectivity index (χ0n) is 15.3. The molecule has 0 unspecified atom stereocenters. The standard InChI is InChI=1S/C20H24N2O5/c1-27-17(25)9-7-12-6-8-16(24)22-13(11-23)10-20(18(12)22)14-4-2-3-5-15(14)21-19(20)26/h2-5,12-13,18,23H,6-11H2,1H3,(H,21,26)/t12-,13+,18-,20-/m1/s1. The number of anilines is 1. The minimum Gasteiger partial charge on any atom is -0.469 e. The van der Waals surface area contributed by atoms with Gasteiger partial charge >= 0.3 is 5.97 Å². The molecule has 7 heteroatoms. The molecule has 27 heavy (non-hydrogen) atoms. The molecule has 1 aromatic rings. The van der Waals surface area contributed by atoms with Gasteiger partial charge in [0, 0.05) is 18.5 Å². The maximum absolute atomic E-state index is 13.2. The molecule has 2 amide bonds. The number of hydrogen-bond donors (Lipinski definition) is 2. The van der Waals surface area contributed by atoms with Crippen molar-refractivity contribution in [3.05, 3.63) is 29.8 Å². The number of hydrogen-bond acceptors (Lipinski definition) is 5. The van der Waals surface area contributed by atoms with Crippen molar-refractivity contribution in [1.82, 2.24) is 4.90 Å². The fourth-order valence-electron chi connectivity index (χ4n) is 5.33. The van der Waals surface area contributed by atoms with Gasteiger partial charge in [0.1, 0.15) is 0 Å². The van der Waals surface area contributed by atoms with Crippen LogP contribution in [0.3, 0.4) is 0 Å². The molecule has 0 aliphatic carbocycles. The molecular weight excluding hydrogens is 348 g/mol. The van der Waals surface area contributed by atoms with Gasteiger partial charge in [-0.1, -0.05) is 18.2 Å². The van der Waals surface area contributed by atoms with Crippen LogP contribution in [-0.2, 0) is 24.5 Å². The predicted octanol–water partition coefficient (Wildman–Crippen LogP) is 1.20. The maximum atomic E-state index is 13.2. The van der Waals surface area contributed by atoms with Crippen molar-refractivity contribution in [2.75, 3.05) is 19.0 Å². The first-order valence-corrected chi connectivity index (χ1v) is 9.42. The second-order valence-electron chi connectivity index (χ2n) is 7.67. The number of ether oxygens (including phenoxy) is 1. The number of benzene rings is 1. The number of aliphatic hydroxyl groups is 1. The lowest BCUT2D eigenvalue weighted by Crippen LogP contribution is -2.56. The number of carbonyl (C=O) groups is 3. The molecule has 1 spiro atoms. The van der Waals surface area contributed by atoms with E-state index >= 15 is 0 Å². The van der Waals surface area contributed by atoms with Crippen LogP contribution in [0.15, 0.2) is 24.3 Å². The molecule has 0 radical (unpaired) electrons. The van der Waals surface area contributed by atoms with E-state index in [1.165, 1.54) is 7.11 Å². The van der Waals surface area contributed by atoms with Gasteiger partial charge in [-0.25, -0.2) is 0 Å². The molecule has 3 aliphatic rings. The monoisotopic (exact) mass is 372 g/mol. The number of nitrogens with one attached hydrogen (secondary N) is 1. The average molecular weight is 372 g/mol. The molecule has 4 atom stereocenters. The Morgan fingerprint density at radius 1 is 1.37 bits per heavy atom. The molecule has 2 fully saturated rings. The molecule has 3 heterocycles. The zero-order valence-corrected chi connectivity index (χ0v) is 15.3. The van der Waals surface area contributed by atoms with Crippen LogP contribution >= 0.6 is 0 Å². The van der Waals surface area contributed by atoms with Gasteiger partial charge in [0.2, 0.25) is 11.8 Å². The van der Waals surface area contributed by atoms with Crippen LogP contribution < -0.4 is 5.32 Å². The minimum atomic E-state index is -0.874. The van der Waals surface area contributed by atoms with E-state index in [4.69, 9.17) is 4.74 Å².